The van der Waals surface area contributed by atoms with Crippen LogP contribution in [0.5, 0.6) is 0 Å². The number of methoxy groups -OCH3 is 1. The molecule has 2 heterocycles. The van der Waals surface area contributed by atoms with Crippen molar-refractivity contribution in [3.63, 3.8) is 0 Å². The van der Waals surface area contributed by atoms with Crippen LogP contribution in [0.25, 0.3) is 11.0 Å². The van der Waals surface area contributed by atoms with E-state index in [1.807, 2.05) is 36.7 Å². The number of benzene rings is 1. The Hall–Kier alpha value is -2.89. The molecule has 2 aromatic heterocycles. The second-order valence-corrected chi connectivity index (χ2v) is 5.26. The first-order valence-electron chi connectivity index (χ1n) is 7.37. The Morgan fingerprint density at radius 3 is 2.91 bits per heavy atom. The molecule has 23 heavy (non-hydrogen) atoms. The number of hydrogen-bond acceptors (Lipinski definition) is 5. The van der Waals surface area contributed by atoms with Crippen molar-refractivity contribution in [2.24, 2.45) is 7.05 Å². The number of aryl methyl sites for hydroxylation is 2. The summed E-state index contributed by atoms with van der Waals surface area (Å²) in [5.41, 5.74) is 4.36. The summed E-state index contributed by atoms with van der Waals surface area (Å²) in [6, 6.07) is 7.42. The smallest absolute Gasteiger partial charge is 0.337 e. The molecule has 0 aliphatic heterocycles. The van der Waals surface area contributed by atoms with Gasteiger partial charge in [-0.15, -0.1) is 0 Å². The number of carbonyl (C=O) groups excluding carboxylic acids is 1. The van der Waals surface area contributed by atoms with Gasteiger partial charge in [0.1, 0.15) is 11.3 Å². The molecular formula is C17H20N4O2. The second-order valence-electron chi connectivity index (χ2n) is 5.26. The van der Waals surface area contributed by atoms with Crippen molar-refractivity contribution < 1.29 is 11.0 Å². The lowest BCUT2D eigenvalue weighted by molar-refractivity contribution is 0.0600. The minimum absolute atomic E-state index is 0. The first-order chi connectivity index (χ1) is 11.1. The lowest BCUT2D eigenvalue weighted by atomic mass is 10.1. The van der Waals surface area contributed by atoms with E-state index < -0.39 is 0 Å². The zero-order valence-corrected chi connectivity index (χ0v) is 13.3. The van der Waals surface area contributed by atoms with Crippen molar-refractivity contribution >= 4 is 28.5 Å². The summed E-state index contributed by atoms with van der Waals surface area (Å²) in [7, 11) is 3.33. The first-order valence-corrected chi connectivity index (χ1v) is 7.37. The van der Waals surface area contributed by atoms with Gasteiger partial charge in [-0.05, 0) is 30.2 Å². The summed E-state index contributed by atoms with van der Waals surface area (Å²) in [4.78, 5) is 20.3. The van der Waals surface area contributed by atoms with Crippen molar-refractivity contribution in [1.29, 1.82) is 0 Å². The fraction of sp³-hybridized carbons (Fsp3) is 0.235. The molecule has 1 N–H and O–H groups in total. The Morgan fingerprint density at radius 2 is 2.17 bits per heavy atom. The van der Waals surface area contributed by atoms with Crippen molar-refractivity contribution in [3.05, 3.63) is 47.9 Å². The third kappa shape index (κ3) is 2.88. The number of rotatable bonds is 4. The Morgan fingerprint density at radius 1 is 1.35 bits per heavy atom. The van der Waals surface area contributed by atoms with E-state index in [-0.39, 0.29) is 7.40 Å². The highest BCUT2D eigenvalue weighted by atomic mass is 16.5. The van der Waals surface area contributed by atoms with E-state index in [0.717, 1.165) is 34.5 Å². The third-order valence-corrected chi connectivity index (χ3v) is 3.78. The number of hydrogen-bond donors (Lipinski definition) is 1. The molecule has 0 spiro atoms. The average molecular weight is 312 g/mol. The van der Waals surface area contributed by atoms with Gasteiger partial charge in [-0.3, -0.25) is 0 Å². The van der Waals surface area contributed by atoms with Crippen LogP contribution in [-0.2, 0) is 18.2 Å². The maximum absolute atomic E-state index is 11.6. The highest BCUT2D eigenvalue weighted by Crippen LogP contribution is 2.24. The Kier molecular flexibility index (Phi) is 3.97. The molecule has 0 fully saturated rings. The predicted molar refractivity (Wildman–Crippen MR) is 91.1 cm³/mol. The monoisotopic (exact) mass is 312 g/mol. The second kappa shape index (κ2) is 6.08. The van der Waals surface area contributed by atoms with Crippen LogP contribution in [0.15, 0.2) is 36.8 Å². The highest BCUT2D eigenvalue weighted by molar-refractivity contribution is 5.90. The van der Waals surface area contributed by atoms with Crippen LogP contribution < -0.4 is 5.32 Å². The number of imidazole rings is 1. The summed E-state index contributed by atoms with van der Waals surface area (Å²) in [5.74, 6) is 0.405. The van der Waals surface area contributed by atoms with E-state index in [4.69, 9.17) is 4.74 Å². The number of esters is 1. The molecule has 0 bridgehead atoms. The molecule has 6 heteroatoms. The standard InChI is InChI=1S/C17H18N4O2.H2/c1-4-11-7-12(17(22)23-3)5-6-13(11)20-16-8-15-14(9-18-16)19-10-21(15)2;/h5-10H,4H2,1-3H3,(H,18,20);1H. The summed E-state index contributed by atoms with van der Waals surface area (Å²) in [6.45, 7) is 2.04. The molecule has 0 atom stereocenters. The topological polar surface area (TPSA) is 69.0 Å². The zero-order valence-electron chi connectivity index (χ0n) is 13.3. The molecule has 3 rings (SSSR count). The first kappa shape index (κ1) is 15.0. The van der Waals surface area contributed by atoms with Crippen molar-refractivity contribution in [2.75, 3.05) is 12.4 Å². The SMILES string of the molecule is CCc1cc(C(=O)OC)ccc1Nc1cc2c(cn1)ncn2C.[HH]. The fourth-order valence-corrected chi connectivity index (χ4v) is 2.49. The van der Waals surface area contributed by atoms with Gasteiger partial charge in [-0.1, -0.05) is 6.92 Å². The van der Waals surface area contributed by atoms with Gasteiger partial charge in [0.2, 0.25) is 0 Å². The maximum atomic E-state index is 11.6. The molecule has 0 radical (unpaired) electrons. The summed E-state index contributed by atoms with van der Waals surface area (Å²) in [6.07, 6.45) is 4.30. The van der Waals surface area contributed by atoms with E-state index in [9.17, 15) is 4.79 Å². The summed E-state index contributed by atoms with van der Waals surface area (Å²) >= 11 is 0. The normalized spacial score (nSPS) is 10.7. The predicted octanol–water partition coefficient (Wildman–Crippen LogP) is 3.31. The number of carbonyl (C=O) groups is 1. The van der Waals surface area contributed by atoms with Gasteiger partial charge >= 0.3 is 5.97 Å². The van der Waals surface area contributed by atoms with Crippen molar-refractivity contribution in [3.8, 4) is 0 Å². The van der Waals surface area contributed by atoms with Gasteiger partial charge in [-0.2, -0.15) is 0 Å². The number of ether oxygens (including phenoxy) is 1. The molecule has 0 aliphatic rings. The third-order valence-electron chi connectivity index (χ3n) is 3.78. The molecule has 0 saturated heterocycles. The van der Waals surface area contributed by atoms with Crippen LogP contribution >= 0.6 is 0 Å². The lowest BCUT2D eigenvalue weighted by Gasteiger charge is -2.12. The van der Waals surface area contributed by atoms with Crippen molar-refractivity contribution in [1.82, 2.24) is 14.5 Å². The van der Waals surface area contributed by atoms with Gasteiger partial charge in [0.15, 0.2) is 0 Å². The number of aromatic nitrogens is 3. The van der Waals surface area contributed by atoms with Crippen LogP contribution in [0.3, 0.4) is 0 Å². The van der Waals surface area contributed by atoms with Gasteiger partial charge in [0, 0.05) is 20.2 Å². The largest absolute Gasteiger partial charge is 0.465 e. The molecule has 6 nitrogen and oxygen atoms in total. The molecule has 0 aliphatic carbocycles. The maximum Gasteiger partial charge on any atom is 0.337 e. The molecule has 120 valence electrons. The van der Waals surface area contributed by atoms with Crippen LogP contribution in [0.4, 0.5) is 11.5 Å². The zero-order chi connectivity index (χ0) is 16.4. The van der Waals surface area contributed by atoms with E-state index in [2.05, 4.69) is 15.3 Å². The number of pyridine rings is 1. The molecule has 0 amide bonds. The van der Waals surface area contributed by atoms with Crippen LogP contribution in [0.1, 0.15) is 24.3 Å². The molecular weight excluding hydrogens is 292 g/mol. The molecule has 0 unspecified atom stereocenters. The number of nitrogens with zero attached hydrogens (tertiary/aromatic N) is 3. The van der Waals surface area contributed by atoms with E-state index >= 15 is 0 Å². The van der Waals surface area contributed by atoms with Gasteiger partial charge in [0.25, 0.3) is 0 Å². The summed E-state index contributed by atoms with van der Waals surface area (Å²) < 4.78 is 6.71. The average Bonchev–Trinajstić information content (AvgIpc) is 2.95. The molecule has 1 aromatic carbocycles. The van der Waals surface area contributed by atoms with E-state index in [1.165, 1.54) is 7.11 Å². The minimum atomic E-state index is -0.333. The van der Waals surface area contributed by atoms with E-state index in [1.54, 1.807) is 18.6 Å². The molecule has 0 saturated carbocycles. The van der Waals surface area contributed by atoms with Crippen molar-refractivity contribution in [2.45, 2.75) is 13.3 Å². The number of fused-ring (bicyclic) bond motifs is 1. The van der Waals surface area contributed by atoms with E-state index in [0.29, 0.717) is 5.56 Å². The molecule has 3 aromatic rings. The minimum Gasteiger partial charge on any atom is -0.465 e. The quantitative estimate of drug-likeness (QED) is 0.749. The Balaban J connectivity index is 0.00000208. The van der Waals surface area contributed by atoms with Gasteiger partial charge in [-0.25, -0.2) is 14.8 Å². The number of nitrogens with one attached hydrogen (secondary N) is 1. The van der Waals surface area contributed by atoms with Gasteiger partial charge < -0.3 is 14.6 Å². The number of anilines is 2. The Bertz CT molecular complexity index is 876. The summed E-state index contributed by atoms with van der Waals surface area (Å²) in [5, 5.41) is 3.31. The van der Waals surface area contributed by atoms with Crippen LogP contribution in [0.2, 0.25) is 0 Å². The van der Waals surface area contributed by atoms with Crippen LogP contribution in [-0.4, -0.2) is 27.6 Å². The lowest BCUT2D eigenvalue weighted by Crippen LogP contribution is -2.04. The Labute approximate surface area is 135 Å². The van der Waals surface area contributed by atoms with Gasteiger partial charge in [0.05, 0.1) is 30.7 Å². The van der Waals surface area contributed by atoms with Crippen LogP contribution in [0, 0.1) is 0 Å². The fourth-order valence-electron chi connectivity index (χ4n) is 2.49. The highest BCUT2D eigenvalue weighted by Gasteiger charge is 2.10.